The van der Waals surface area contributed by atoms with Crippen LogP contribution in [0.4, 0.5) is 0 Å². The van der Waals surface area contributed by atoms with Crippen LogP contribution in [0.5, 0.6) is 0 Å². The number of ether oxygens (including phenoxy) is 2. The Kier molecular flexibility index (Phi) is 5.49. The molecule has 3 heteroatoms. The molecule has 0 aliphatic heterocycles. The van der Waals surface area contributed by atoms with Gasteiger partial charge in [0.1, 0.15) is 0 Å². The van der Waals surface area contributed by atoms with E-state index in [1.807, 2.05) is 0 Å². The highest BCUT2D eigenvalue weighted by Crippen LogP contribution is 2.54. The second-order valence-corrected chi connectivity index (χ2v) is 7.50. The van der Waals surface area contributed by atoms with Crippen LogP contribution in [0.2, 0.25) is 0 Å². The van der Waals surface area contributed by atoms with Gasteiger partial charge in [0.15, 0.2) is 0 Å². The van der Waals surface area contributed by atoms with E-state index >= 15 is 0 Å². The minimum Gasteiger partial charge on any atom is -0.375 e. The molecule has 2 aliphatic rings. The fraction of sp³-hybridized carbons (Fsp3) is 1.00. The zero-order valence-corrected chi connectivity index (χ0v) is 13.8. The van der Waals surface area contributed by atoms with Crippen LogP contribution in [-0.2, 0) is 9.47 Å². The molecule has 2 fully saturated rings. The molecule has 0 bridgehead atoms. The average Bonchev–Trinajstić information content (AvgIpc) is 2.87. The van der Waals surface area contributed by atoms with Crippen LogP contribution < -0.4 is 5.32 Å². The lowest BCUT2D eigenvalue weighted by Crippen LogP contribution is -2.62. The van der Waals surface area contributed by atoms with E-state index in [4.69, 9.17) is 9.47 Å². The number of nitrogens with one attached hydrogen (secondary N) is 1. The quantitative estimate of drug-likeness (QED) is 0.725. The molecule has 2 aliphatic carbocycles. The normalized spacial score (nSPS) is 28.8. The highest BCUT2D eigenvalue weighted by Gasteiger charge is 2.56. The Labute approximate surface area is 124 Å². The van der Waals surface area contributed by atoms with Crippen LogP contribution in [-0.4, -0.2) is 37.5 Å². The first-order valence-corrected chi connectivity index (χ1v) is 8.47. The van der Waals surface area contributed by atoms with Crippen molar-refractivity contribution in [3.05, 3.63) is 0 Å². The van der Waals surface area contributed by atoms with E-state index < -0.39 is 0 Å². The maximum atomic E-state index is 6.16. The molecule has 0 radical (unpaired) electrons. The Morgan fingerprint density at radius 2 is 1.85 bits per heavy atom. The van der Waals surface area contributed by atoms with Crippen molar-refractivity contribution >= 4 is 0 Å². The number of rotatable bonds is 7. The summed E-state index contributed by atoms with van der Waals surface area (Å²) in [5, 5.41) is 3.73. The molecule has 3 nitrogen and oxygen atoms in total. The van der Waals surface area contributed by atoms with E-state index in [9.17, 15) is 0 Å². The first kappa shape index (κ1) is 16.3. The van der Waals surface area contributed by atoms with Crippen molar-refractivity contribution in [2.75, 3.05) is 19.8 Å². The largest absolute Gasteiger partial charge is 0.375 e. The van der Waals surface area contributed by atoms with E-state index in [0.29, 0.717) is 24.2 Å². The summed E-state index contributed by atoms with van der Waals surface area (Å²) in [7, 11) is 0. The van der Waals surface area contributed by atoms with Gasteiger partial charge >= 0.3 is 0 Å². The van der Waals surface area contributed by atoms with Gasteiger partial charge in [-0.15, -0.1) is 0 Å². The Morgan fingerprint density at radius 1 is 1.15 bits per heavy atom. The summed E-state index contributed by atoms with van der Waals surface area (Å²) in [6, 6.07) is 0.693. The minimum atomic E-state index is -0.0563. The predicted molar refractivity (Wildman–Crippen MR) is 83.0 cm³/mol. The maximum Gasteiger partial charge on any atom is 0.0707 e. The molecule has 1 spiro atoms. The topological polar surface area (TPSA) is 30.5 Å². The molecule has 2 saturated carbocycles. The van der Waals surface area contributed by atoms with E-state index in [-0.39, 0.29) is 5.60 Å². The summed E-state index contributed by atoms with van der Waals surface area (Å²) in [5.41, 5.74) is 0.385. The first-order valence-electron chi connectivity index (χ1n) is 8.47. The van der Waals surface area contributed by atoms with Gasteiger partial charge in [0.05, 0.1) is 24.9 Å². The first-order chi connectivity index (χ1) is 9.48. The van der Waals surface area contributed by atoms with E-state index in [0.717, 1.165) is 13.2 Å². The van der Waals surface area contributed by atoms with E-state index in [1.54, 1.807) is 0 Å². The number of hydrogen-bond acceptors (Lipinski definition) is 3. The fourth-order valence-electron chi connectivity index (χ4n) is 3.83. The molecule has 2 unspecified atom stereocenters. The second-order valence-electron chi connectivity index (χ2n) is 7.50. The maximum absolute atomic E-state index is 6.16. The lowest BCUT2D eigenvalue weighted by atomic mass is 9.60. The molecule has 20 heavy (non-hydrogen) atoms. The molecule has 2 atom stereocenters. The Hall–Kier alpha value is -0.120. The van der Waals surface area contributed by atoms with Crippen LogP contribution in [0.3, 0.4) is 0 Å². The number of hydrogen-bond donors (Lipinski definition) is 1. The van der Waals surface area contributed by atoms with Crippen LogP contribution in [0.15, 0.2) is 0 Å². The smallest absolute Gasteiger partial charge is 0.0707 e. The van der Waals surface area contributed by atoms with Gasteiger partial charge in [-0.25, -0.2) is 0 Å². The third kappa shape index (κ3) is 3.75. The van der Waals surface area contributed by atoms with Gasteiger partial charge in [-0.3, -0.25) is 0 Å². The molecule has 1 N–H and O–H groups in total. The Morgan fingerprint density at radius 3 is 2.45 bits per heavy atom. The third-order valence-corrected chi connectivity index (χ3v) is 4.90. The lowest BCUT2D eigenvalue weighted by Gasteiger charge is -2.54. The van der Waals surface area contributed by atoms with E-state index in [1.165, 1.54) is 38.5 Å². The second kappa shape index (κ2) is 6.76. The Balaban J connectivity index is 1.75. The molecule has 0 aromatic carbocycles. The molecule has 0 saturated heterocycles. The zero-order valence-electron chi connectivity index (χ0n) is 13.8. The third-order valence-electron chi connectivity index (χ3n) is 4.90. The van der Waals surface area contributed by atoms with Crippen molar-refractivity contribution in [3.8, 4) is 0 Å². The van der Waals surface area contributed by atoms with E-state index in [2.05, 4.69) is 33.0 Å². The van der Waals surface area contributed by atoms with Crippen molar-refractivity contribution in [2.24, 2.45) is 5.41 Å². The van der Waals surface area contributed by atoms with Crippen molar-refractivity contribution in [3.63, 3.8) is 0 Å². The molecule has 2 rings (SSSR count). The fourth-order valence-corrected chi connectivity index (χ4v) is 3.83. The lowest BCUT2D eigenvalue weighted by molar-refractivity contribution is -0.148. The standard InChI is InChI=1S/C17H33NO2/c1-5-10-18-14-13-15(17(14)8-6-7-9-17)19-11-12-20-16(2,3)4/h14-15,18H,5-13H2,1-4H3. The molecule has 0 heterocycles. The molecule has 118 valence electrons. The molecule has 0 amide bonds. The van der Waals surface area contributed by atoms with Gasteiger partial charge in [-0.1, -0.05) is 19.8 Å². The average molecular weight is 283 g/mol. The summed E-state index contributed by atoms with van der Waals surface area (Å²) in [6.45, 7) is 11.1. The Bertz CT molecular complexity index is 292. The summed E-state index contributed by atoms with van der Waals surface area (Å²) < 4.78 is 11.9. The molecular weight excluding hydrogens is 250 g/mol. The van der Waals surface area contributed by atoms with Gasteiger partial charge < -0.3 is 14.8 Å². The highest BCUT2D eigenvalue weighted by molar-refractivity contribution is 5.09. The molecule has 0 aromatic heterocycles. The van der Waals surface area contributed by atoms with Gasteiger partial charge in [0, 0.05) is 11.5 Å². The predicted octanol–water partition coefficient (Wildman–Crippen LogP) is 3.52. The van der Waals surface area contributed by atoms with Crippen molar-refractivity contribution < 1.29 is 9.47 Å². The van der Waals surface area contributed by atoms with Gasteiger partial charge in [-0.05, 0) is 53.0 Å². The highest BCUT2D eigenvalue weighted by atomic mass is 16.5. The zero-order chi connectivity index (χ0) is 14.6. The summed E-state index contributed by atoms with van der Waals surface area (Å²) in [6.07, 6.45) is 8.32. The van der Waals surface area contributed by atoms with Gasteiger partial charge in [0.2, 0.25) is 0 Å². The van der Waals surface area contributed by atoms with Crippen molar-refractivity contribution in [1.29, 1.82) is 0 Å². The minimum absolute atomic E-state index is 0.0563. The van der Waals surface area contributed by atoms with Gasteiger partial charge in [-0.2, -0.15) is 0 Å². The monoisotopic (exact) mass is 283 g/mol. The SMILES string of the molecule is CCCNC1CC(OCCOC(C)(C)C)C12CCCC2. The van der Waals surface area contributed by atoms with Crippen molar-refractivity contribution in [2.45, 2.75) is 84.0 Å². The summed E-state index contributed by atoms with van der Waals surface area (Å²) >= 11 is 0. The summed E-state index contributed by atoms with van der Waals surface area (Å²) in [5.74, 6) is 0. The molecular formula is C17H33NO2. The van der Waals surface area contributed by atoms with Crippen LogP contribution in [0.25, 0.3) is 0 Å². The summed E-state index contributed by atoms with van der Waals surface area (Å²) in [4.78, 5) is 0. The van der Waals surface area contributed by atoms with Gasteiger partial charge in [0.25, 0.3) is 0 Å². The molecule has 0 aromatic rings. The van der Waals surface area contributed by atoms with Crippen LogP contribution in [0, 0.1) is 5.41 Å². The van der Waals surface area contributed by atoms with Crippen LogP contribution >= 0.6 is 0 Å². The van der Waals surface area contributed by atoms with Crippen LogP contribution in [0.1, 0.15) is 66.2 Å². The van der Waals surface area contributed by atoms with Crippen molar-refractivity contribution in [1.82, 2.24) is 5.32 Å².